The van der Waals surface area contributed by atoms with E-state index >= 15 is 0 Å². The summed E-state index contributed by atoms with van der Waals surface area (Å²) in [5, 5.41) is 19.5. The third-order valence-corrected chi connectivity index (χ3v) is 3.45. The molecule has 7 nitrogen and oxygen atoms in total. The van der Waals surface area contributed by atoms with E-state index in [-0.39, 0.29) is 5.69 Å². The summed E-state index contributed by atoms with van der Waals surface area (Å²) < 4.78 is 5.54. The molecule has 7 heteroatoms. The molecule has 3 aromatic heterocycles. The molecular formula is C16H16N4O3. The van der Waals surface area contributed by atoms with Crippen LogP contribution in [0.2, 0.25) is 0 Å². The number of H-pyrrole nitrogens is 1. The lowest BCUT2D eigenvalue weighted by Crippen LogP contribution is -2.22. The van der Waals surface area contributed by atoms with Crippen LogP contribution in [0.1, 0.15) is 23.1 Å². The lowest BCUT2D eigenvalue weighted by Gasteiger charge is -2.09. The van der Waals surface area contributed by atoms with Gasteiger partial charge >= 0.3 is 0 Å². The Kier molecular flexibility index (Phi) is 3.94. The van der Waals surface area contributed by atoms with Crippen molar-refractivity contribution in [2.45, 2.75) is 20.0 Å². The van der Waals surface area contributed by atoms with Crippen molar-refractivity contribution in [2.75, 3.05) is 5.32 Å². The predicted octanol–water partition coefficient (Wildman–Crippen LogP) is 2.35. The van der Waals surface area contributed by atoms with E-state index in [9.17, 15) is 9.90 Å². The van der Waals surface area contributed by atoms with E-state index in [4.69, 9.17) is 4.42 Å². The Bertz CT molecular complexity index is 823. The van der Waals surface area contributed by atoms with Crippen LogP contribution in [0.25, 0.3) is 11.5 Å². The van der Waals surface area contributed by atoms with Crippen molar-refractivity contribution in [2.24, 2.45) is 0 Å². The molecule has 118 valence electrons. The Hall–Kier alpha value is -2.93. The van der Waals surface area contributed by atoms with Gasteiger partial charge in [-0.05, 0) is 38.1 Å². The summed E-state index contributed by atoms with van der Waals surface area (Å²) in [6.07, 6.45) is 0.157. The first-order valence-corrected chi connectivity index (χ1v) is 7.08. The zero-order valence-electron chi connectivity index (χ0n) is 12.7. The highest BCUT2D eigenvalue weighted by Crippen LogP contribution is 2.27. The summed E-state index contributed by atoms with van der Waals surface area (Å²) in [5.74, 6) is 1.16. The second kappa shape index (κ2) is 6.05. The van der Waals surface area contributed by atoms with Gasteiger partial charge in [-0.2, -0.15) is 5.10 Å². The highest BCUT2D eigenvalue weighted by atomic mass is 16.3. The Morgan fingerprint density at radius 3 is 2.78 bits per heavy atom. The number of carbonyl (C=O) groups excluding carboxylic acids is 1. The third kappa shape index (κ3) is 3.00. The van der Waals surface area contributed by atoms with Gasteiger partial charge in [-0.3, -0.25) is 14.9 Å². The number of carbonyl (C=O) groups is 1. The van der Waals surface area contributed by atoms with Gasteiger partial charge in [0, 0.05) is 11.8 Å². The Morgan fingerprint density at radius 2 is 2.13 bits per heavy atom. The maximum atomic E-state index is 12.1. The molecule has 0 spiro atoms. The van der Waals surface area contributed by atoms with Crippen molar-refractivity contribution in [3.8, 4) is 11.5 Å². The molecule has 3 heterocycles. The molecule has 0 aliphatic rings. The van der Waals surface area contributed by atoms with Gasteiger partial charge in [0.2, 0.25) is 0 Å². The fourth-order valence-corrected chi connectivity index (χ4v) is 2.19. The quantitative estimate of drug-likeness (QED) is 0.686. The molecule has 1 atom stereocenters. The topological polar surface area (TPSA) is 104 Å². The number of rotatable bonds is 4. The second-order valence-corrected chi connectivity index (χ2v) is 5.13. The summed E-state index contributed by atoms with van der Waals surface area (Å²) in [5.41, 5.74) is 1.68. The maximum absolute atomic E-state index is 12.1. The van der Waals surface area contributed by atoms with Gasteiger partial charge in [0.15, 0.2) is 17.7 Å². The fraction of sp³-hybridized carbons (Fsp3) is 0.188. The average Bonchev–Trinajstić information content (AvgIpc) is 3.14. The Labute approximate surface area is 132 Å². The van der Waals surface area contributed by atoms with Crippen LogP contribution in [0.4, 0.5) is 5.82 Å². The van der Waals surface area contributed by atoms with E-state index in [1.807, 2.05) is 19.1 Å². The molecule has 0 aliphatic heterocycles. The second-order valence-electron chi connectivity index (χ2n) is 5.13. The van der Waals surface area contributed by atoms with Crippen LogP contribution in [0, 0.1) is 13.8 Å². The SMILES string of the molecule is Cc1ccc(-c2[nH]nc(NC(=O)C(O)c3ccccn3)c2C)o1. The minimum Gasteiger partial charge on any atom is -0.460 e. The first kappa shape index (κ1) is 15.0. The highest BCUT2D eigenvalue weighted by Gasteiger charge is 2.21. The number of hydrogen-bond donors (Lipinski definition) is 3. The van der Waals surface area contributed by atoms with E-state index in [0.717, 1.165) is 11.3 Å². The maximum Gasteiger partial charge on any atom is 0.260 e. The van der Waals surface area contributed by atoms with Gasteiger partial charge in [0.25, 0.3) is 5.91 Å². The van der Waals surface area contributed by atoms with Crippen molar-refractivity contribution in [3.05, 3.63) is 53.5 Å². The van der Waals surface area contributed by atoms with Crippen LogP contribution in [-0.4, -0.2) is 26.2 Å². The Balaban J connectivity index is 1.78. The summed E-state index contributed by atoms with van der Waals surface area (Å²) in [6.45, 7) is 3.65. The van der Waals surface area contributed by atoms with Crippen LogP contribution < -0.4 is 5.32 Å². The Morgan fingerprint density at radius 1 is 1.30 bits per heavy atom. The number of nitrogens with one attached hydrogen (secondary N) is 2. The van der Waals surface area contributed by atoms with Gasteiger partial charge in [0.1, 0.15) is 11.5 Å². The molecule has 0 aliphatic carbocycles. The van der Waals surface area contributed by atoms with E-state index in [1.54, 1.807) is 25.1 Å². The van der Waals surface area contributed by atoms with E-state index in [0.29, 0.717) is 17.3 Å². The summed E-state index contributed by atoms with van der Waals surface area (Å²) >= 11 is 0. The monoisotopic (exact) mass is 312 g/mol. The molecule has 0 aromatic carbocycles. The molecule has 23 heavy (non-hydrogen) atoms. The molecule has 0 radical (unpaired) electrons. The van der Waals surface area contributed by atoms with Crippen molar-refractivity contribution < 1.29 is 14.3 Å². The summed E-state index contributed by atoms with van der Waals surface area (Å²) in [4.78, 5) is 16.1. The number of aryl methyl sites for hydroxylation is 1. The fourth-order valence-electron chi connectivity index (χ4n) is 2.19. The molecule has 3 N–H and O–H groups in total. The molecule has 1 amide bonds. The van der Waals surface area contributed by atoms with Crippen LogP contribution in [-0.2, 0) is 4.79 Å². The number of nitrogens with zero attached hydrogens (tertiary/aromatic N) is 2. The lowest BCUT2D eigenvalue weighted by atomic mass is 10.2. The number of hydrogen-bond acceptors (Lipinski definition) is 5. The van der Waals surface area contributed by atoms with Crippen LogP contribution in [0.15, 0.2) is 40.9 Å². The van der Waals surface area contributed by atoms with Gasteiger partial charge < -0.3 is 14.8 Å². The van der Waals surface area contributed by atoms with Crippen molar-refractivity contribution >= 4 is 11.7 Å². The van der Waals surface area contributed by atoms with E-state index in [2.05, 4.69) is 20.5 Å². The number of aliphatic hydroxyl groups excluding tert-OH is 1. The molecule has 0 saturated carbocycles. The average molecular weight is 312 g/mol. The number of aliphatic hydroxyl groups is 1. The van der Waals surface area contributed by atoms with Crippen molar-refractivity contribution in [1.29, 1.82) is 0 Å². The van der Waals surface area contributed by atoms with Crippen molar-refractivity contribution in [1.82, 2.24) is 15.2 Å². The first-order chi connectivity index (χ1) is 11.1. The number of pyridine rings is 1. The number of aromatic nitrogens is 3. The molecular weight excluding hydrogens is 296 g/mol. The zero-order chi connectivity index (χ0) is 16.4. The normalized spacial score (nSPS) is 12.1. The van der Waals surface area contributed by atoms with Crippen LogP contribution in [0.3, 0.4) is 0 Å². The smallest absolute Gasteiger partial charge is 0.260 e. The molecule has 3 rings (SSSR count). The highest BCUT2D eigenvalue weighted by molar-refractivity contribution is 5.94. The summed E-state index contributed by atoms with van der Waals surface area (Å²) in [7, 11) is 0. The standard InChI is InChI=1S/C16H16N4O3/c1-9-6-7-12(23-9)13-10(2)15(20-19-13)18-16(22)14(21)11-5-3-4-8-17-11/h3-8,14,21H,1-2H3,(H2,18,19,20,22). The minimum absolute atomic E-state index is 0.278. The largest absolute Gasteiger partial charge is 0.460 e. The van der Waals surface area contributed by atoms with Crippen LogP contribution >= 0.6 is 0 Å². The van der Waals surface area contributed by atoms with Gasteiger partial charge in [-0.25, -0.2) is 0 Å². The predicted molar refractivity (Wildman–Crippen MR) is 83.6 cm³/mol. The number of amides is 1. The number of furan rings is 1. The molecule has 0 saturated heterocycles. The van der Waals surface area contributed by atoms with E-state index in [1.165, 1.54) is 6.20 Å². The van der Waals surface area contributed by atoms with Gasteiger partial charge in [-0.15, -0.1) is 0 Å². The molecule has 3 aromatic rings. The lowest BCUT2D eigenvalue weighted by molar-refractivity contribution is -0.124. The molecule has 1 unspecified atom stereocenters. The molecule has 0 bridgehead atoms. The van der Waals surface area contributed by atoms with E-state index < -0.39 is 12.0 Å². The summed E-state index contributed by atoms with van der Waals surface area (Å²) in [6, 6.07) is 8.67. The van der Waals surface area contributed by atoms with Crippen molar-refractivity contribution in [3.63, 3.8) is 0 Å². The van der Waals surface area contributed by atoms with Gasteiger partial charge in [0.05, 0.1) is 5.69 Å². The van der Waals surface area contributed by atoms with Gasteiger partial charge in [-0.1, -0.05) is 6.07 Å². The van der Waals surface area contributed by atoms with Crippen LogP contribution in [0.5, 0.6) is 0 Å². The third-order valence-electron chi connectivity index (χ3n) is 3.45. The number of aromatic amines is 1. The zero-order valence-corrected chi connectivity index (χ0v) is 12.7. The molecule has 0 fully saturated rings. The first-order valence-electron chi connectivity index (χ1n) is 7.08. The minimum atomic E-state index is -1.36. The number of anilines is 1.